The Morgan fingerprint density at radius 1 is 1.06 bits per heavy atom. The van der Waals surface area contributed by atoms with Crippen LogP contribution in [-0.2, 0) is 4.74 Å². The Bertz CT molecular complexity index is 1490. The molecule has 0 saturated carbocycles. The van der Waals surface area contributed by atoms with Crippen molar-refractivity contribution in [3.8, 4) is 0 Å². The van der Waals surface area contributed by atoms with Crippen LogP contribution in [0.4, 0.5) is 0 Å². The van der Waals surface area contributed by atoms with Gasteiger partial charge in [0.2, 0.25) is 0 Å². The first-order chi connectivity index (χ1) is 23.2. The van der Waals surface area contributed by atoms with Crippen LogP contribution in [0.2, 0.25) is 0 Å². The second kappa shape index (κ2) is 23.8. The van der Waals surface area contributed by atoms with Gasteiger partial charge in [-0.2, -0.15) is 0 Å². The molecule has 0 amide bonds. The van der Waals surface area contributed by atoms with Crippen LogP contribution in [0.3, 0.4) is 0 Å². The SMILES string of the molecule is C=C(C)C.C=CN(C)\C(=C/C(=N\C(C)=C\C)C(=C)N[C@@H](CCC)c1ccc(C(=C)C)c(C)c1)C(=C)NCC1=CC(C)=C(OC)CC=C1.CC. The van der Waals surface area contributed by atoms with E-state index < -0.39 is 0 Å². The molecule has 0 bridgehead atoms. The van der Waals surface area contributed by atoms with Gasteiger partial charge < -0.3 is 20.3 Å². The molecule has 2 rings (SSSR count). The summed E-state index contributed by atoms with van der Waals surface area (Å²) >= 11 is 0. The molecule has 2 N–H and O–H groups in total. The topological polar surface area (TPSA) is 48.9 Å². The van der Waals surface area contributed by atoms with Crippen LogP contribution in [0.5, 0.6) is 0 Å². The van der Waals surface area contributed by atoms with Crippen molar-refractivity contribution in [1.82, 2.24) is 15.5 Å². The summed E-state index contributed by atoms with van der Waals surface area (Å²) in [4.78, 5) is 6.88. The quantitative estimate of drug-likeness (QED) is 0.105. The second-order valence-electron chi connectivity index (χ2n) is 12.2. The maximum Gasteiger partial charge on any atom is 0.102 e. The summed E-state index contributed by atoms with van der Waals surface area (Å²) < 4.78 is 5.52. The van der Waals surface area contributed by atoms with E-state index in [0.29, 0.717) is 6.54 Å². The number of rotatable bonds is 16. The van der Waals surface area contributed by atoms with Gasteiger partial charge in [-0.1, -0.05) is 107 Å². The van der Waals surface area contributed by atoms with E-state index in [1.54, 1.807) is 13.3 Å². The molecule has 5 nitrogen and oxygen atoms in total. The third-order valence-corrected chi connectivity index (χ3v) is 7.53. The van der Waals surface area contributed by atoms with Crippen molar-refractivity contribution in [2.45, 2.75) is 94.5 Å². The number of nitrogens with zero attached hydrogens (tertiary/aromatic N) is 2. The van der Waals surface area contributed by atoms with Crippen LogP contribution < -0.4 is 10.6 Å². The molecular weight excluding hydrogens is 601 g/mol. The Morgan fingerprint density at radius 3 is 2.20 bits per heavy atom. The number of aliphatic imine (C=N–C) groups is 1. The van der Waals surface area contributed by atoms with Crippen molar-refractivity contribution >= 4 is 11.3 Å². The summed E-state index contributed by atoms with van der Waals surface area (Å²) in [6.07, 6.45) is 14.9. The van der Waals surface area contributed by atoms with Crippen LogP contribution in [0.1, 0.15) is 104 Å². The maximum absolute atomic E-state index is 5.52. The zero-order chi connectivity index (χ0) is 37.7. The lowest BCUT2D eigenvalue weighted by Crippen LogP contribution is -2.27. The van der Waals surface area contributed by atoms with Crippen LogP contribution in [-0.4, -0.2) is 31.3 Å². The van der Waals surface area contributed by atoms with E-state index in [9.17, 15) is 0 Å². The van der Waals surface area contributed by atoms with Crippen LogP contribution in [0.25, 0.3) is 5.57 Å². The molecule has 5 heteroatoms. The molecule has 0 saturated heterocycles. The molecular formula is C44H66N4O. The number of allylic oxidation sites excluding steroid dienone is 8. The largest absolute Gasteiger partial charge is 0.501 e. The molecule has 0 aromatic heterocycles. The number of methoxy groups -OCH3 is 1. The molecule has 268 valence electrons. The maximum atomic E-state index is 5.52. The van der Waals surface area contributed by atoms with E-state index in [2.05, 4.69) is 101 Å². The van der Waals surface area contributed by atoms with Gasteiger partial charge in [-0.15, -0.1) is 6.58 Å². The minimum Gasteiger partial charge on any atom is -0.501 e. The summed E-state index contributed by atoms with van der Waals surface area (Å²) in [6.45, 7) is 41.5. The molecule has 1 aromatic carbocycles. The molecule has 0 unspecified atom stereocenters. The highest BCUT2D eigenvalue weighted by Gasteiger charge is 2.17. The number of nitrogens with one attached hydrogen (secondary N) is 2. The highest BCUT2D eigenvalue weighted by atomic mass is 16.5. The number of hydrogen-bond donors (Lipinski definition) is 2. The lowest BCUT2D eigenvalue weighted by Gasteiger charge is -2.25. The highest BCUT2D eigenvalue weighted by molar-refractivity contribution is 6.08. The molecule has 0 aliphatic heterocycles. The summed E-state index contributed by atoms with van der Waals surface area (Å²) in [5, 5.41) is 7.20. The molecule has 1 atom stereocenters. The summed E-state index contributed by atoms with van der Waals surface area (Å²) in [7, 11) is 3.67. The summed E-state index contributed by atoms with van der Waals surface area (Å²) in [5.74, 6) is 0.978. The Hall–Kier alpha value is -4.51. The monoisotopic (exact) mass is 667 g/mol. The van der Waals surface area contributed by atoms with E-state index >= 15 is 0 Å². The Kier molecular flexibility index (Phi) is 21.6. The Labute approximate surface area is 300 Å². The summed E-state index contributed by atoms with van der Waals surface area (Å²) in [6, 6.07) is 6.69. The third-order valence-electron chi connectivity index (χ3n) is 7.53. The Morgan fingerprint density at radius 2 is 1.69 bits per heavy atom. The molecule has 0 radical (unpaired) electrons. The van der Waals surface area contributed by atoms with E-state index in [1.807, 2.05) is 72.6 Å². The lowest BCUT2D eigenvalue weighted by molar-refractivity contribution is 0.281. The zero-order valence-electron chi connectivity index (χ0n) is 32.9. The Balaban J connectivity index is 0.00000356. The highest BCUT2D eigenvalue weighted by Crippen LogP contribution is 2.26. The normalized spacial score (nSPS) is 13.7. The molecule has 49 heavy (non-hydrogen) atoms. The number of benzene rings is 1. The van der Waals surface area contributed by atoms with Crippen molar-refractivity contribution in [1.29, 1.82) is 0 Å². The molecule has 1 aliphatic rings. The van der Waals surface area contributed by atoms with Gasteiger partial charge in [-0.25, -0.2) is 0 Å². The average Bonchev–Trinajstić information content (AvgIpc) is 3.25. The van der Waals surface area contributed by atoms with Gasteiger partial charge in [0.1, 0.15) is 5.76 Å². The van der Waals surface area contributed by atoms with E-state index in [0.717, 1.165) is 70.2 Å². The van der Waals surface area contributed by atoms with Gasteiger partial charge in [-0.05, 0) is 95.0 Å². The summed E-state index contributed by atoms with van der Waals surface area (Å²) in [5.41, 5.74) is 12.1. The standard InChI is InChI=1S/C38H52N4O.C4H8.C2H6/c1-13-17-35(33-20-21-34(26(4)5)27(6)23-33)41-30(9)36(40-29(8)14-2)24-37(42(11)15-3)31(10)39-25-32-18-16-19-38(43-12)28(7)22-32;1-4(2)3;1-2/h14-16,18,20-24,35,39,41H,3-4,9-10,13,17,19,25H2,1-2,5-8,11-12H3;1H2,2-3H3;1-2H3/b29-14+,37-24-,40-36+;;/t35-;;/m0../s1. The molecule has 0 heterocycles. The van der Waals surface area contributed by atoms with Gasteiger partial charge in [0.15, 0.2) is 0 Å². The number of likely N-dealkylation sites (N-methyl/N-ethyl adjacent to an activating group) is 1. The van der Waals surface area contributed by atoms with Crippen molar-refractivity contribution < 1.29 is 4.74 Å². The van der Waals surface area contributed by atoms with Gasteiger partial charge in [0.05, 0.1) is 36.0 Å². The molecule has 0 fully saturated rings. The zero-order valence-corrected chi connectivity index (χ0v) is 32.9. The van der Waals surface area contributed by atoms with E-state index in [4.69, 9.17) is 9.73 Å². The second-order valence-corrected chi connectivity index (χ2v) is 12.2. The lowest BCUT2D eigenvalue weighted by atomic mass is 9.95. The van der Waals surface area contributed by atoms with Crippen LogP contribution in [0.15, 0.2) is 138 Å². The average molecular weight is 667 g/mol. The van der Waals surface area contributed by atoms with Gasteiger partial charge in [0, 0.05) is 25.7 Å². The molecule has 1 aromatic rings. The number of ether oxygens (including phenoxy) is 1. The number of aryl methyl sites for hydroxylation is 1. The minimum atomic E-state index is 0.0871. The van der Waals surface area contributed by atoms with E-state index in [1.165, 1.54) is 22.3 Å². The van der Waals surface area contributed by atoms with Crippen LogP contribution in [0, 0.1) is 6.92 Å². The fourth-order valence-corrected chi connectivity index (χ4v) is 4.89. The van der Waals surface area contributed by atoms with Gasteiger partial charge >= 0.3 is 0 Å². The van der Waals surface area contributed by atoms with Crippen LogP contribution >= 0.6 is 0 Å². The van der Waals surface area contributed by atoms with Gasteiger partial charge in [-0.3, -0.25) is 4.99 Å². The first-order valence-corrected chi connectivity index (χ1v) is 17.4. The first-order valence-electron chi connectivity index (χ1n) is 17.4. The predicted octanol–water partition coefficient (Wildman–Crippen LogP) is 11.8. The fraction of sp³-hybridized carbons (Fsp3) is 0.386. The predicted molar refractivity (Wildman–Crippen MR) is 219 cm³/mol. The van der Waals surface area contributed by atoms with Crippen molar-refractivity contribution in [3.63, 3.8) is 0 Å². The van der Waals surface area contributed by atoms with Crippen molar-refractivity contribution in [2.24, 2.45) is 4.99 Å². The minimum absolute atomic E-state index is 0.0871. The van der Waals surface area contributed by atoms with Gasteiger partial charge in [0.25, 0.3) is 0 Å². The smallest absolute Gasteiger partial charge is 0.102 e. The first kappa shape index (κ1) is 44.5. The number of hydrogen-bond acceptors (Lipinski definition) is 5. The van der Waals surface area contributed by atoms with Crippen molar-refractivity contribution in [2.75, 3.05) is 20.7 Å². The van der Waals surface area contributed by atoms with Crippen molar-refractivity contribution in [3.05, 3.63) is 150 Å². The third kappa shape index (κ3) is 16.0. The molecule has 1 aliphatic carbocycles. The van der Waals surface area contributed by atoms with E-state index in [-0.39, 0.29) is 6.04 Å². The fourth-order valence-electron chi connectivity index (χ4n) is 4.89. The molecule has 0 spiro atoms.